The van der Waals surface area contributed by atoms with Crippen molar-refractivity contribution < 1.29 is 4.92 Å². The van der Waals surface area contributed by atoms with Gasteiger partial charge in [-0.3, -0.25) is 15.0 Å². The third-order valence-corrected chi connectivity index (χ3v) is 4.07. The van der Waals surface area contributed by atoms with Gasteiger partial charge in [0.1, 0.15) is 0 Å². The van der Waals surface area contributed by atoms with E-state index in [1.807, 2.05) is 6.07 Å². The van der Waals surface area contributed by atoms with Crippen LogP contribution in [0, 0.1) is 16.0 Å². The number of rotatable bonds is 3. The van der Waals surface area contributed by atoms with Gasteiger partial charge in [0.15, 0.2) is 0 Å². The molecule has 1 saturated heterocycles. The lowest BCUT2D eigenvalue weighted by Gasteiger charge is -2.16. The molecule has 0 bridgehead atoms. The molecule has 2 rings (SSSR count). The Hall–Kier alpha value is -0.940. The highest BCUT2D eigenvalue weighted by Crippen LogP contribution is 2.30. The van der Waals surface area contributed by atoms with Gasteiger partial charge in [-0.15, -0.1) is 0 Å². The lowest BCUT2D eigenvalue weighted by molar-refractivity contribution is -0.385. The van der Waals surface area contributed by atoms with Crippen molar-refractivity contribution in [2.24, 2.45) is 5.92 Å². The second kappa shape index (κ2) is 5.14. The normalized spacial score (nSPS) is 20.7. The molecule has 1 aliphatic heterocycles. The fourth-order valence-electron chi connectivity index (χ4n) is 2.24. The van der Waals surface area contributed by atoms with E-state index < -0.39 is 0 Å². The van der Waals surface area contributed by atoms with Gasteiger partial charge >= 0.3 is 0 Å². The minimum absolute atomic E-state index is 0.148. The van der Waals surface area contributed by atoms with E-state index in [1.165, 1.54) is 12.5 Å². The molecule has 1 unspecified atom stereocenters. The zero-order chi connectivity index (χ0) is 12.4. The van der Waals surface area contributed by atoms with Gasteiger partial charge < -0.3 is 0 Å². The summed E-state index contributed by atoms with van der Waals surface area (Å²) < 4.78 is 0.615. The van der Waals surface area contributed by atoms with Gasteiger partial charge in [-0.2, -0.15) is 0 Å². The van der Waals surface area contributed by atoms with Crippen LogP contribution in [0.3, 0.4) is 0 Å². The highest BCUT2D eigenvalue weighted by atomic mass is 79.9. The monoisotopic (exact) mass is 298 g/mol. The van der Waals surface area contributed by atoms with Crippen LogP contribution in [-0.2, 0) is 6.54 Å². The first-order valence-electron chi connectivity index (χ1n) is 5.72. The maximum atomic E-state index is 10.8. The molecule has 1 fully saturated rings. The predicted molar refractivity (Wildman–Crippen MR) is 69.9 cm³/mol. The van der Waals surface area contributed by atoms with Gasteiger partial charge in [0.2, 0.25) is 0 Å². The summed E-state index contributed by atoms with van der Waals surface area (Å²) in [5, 5.41) is 10.8. The Balaban J connectivity index is 2.16. The maximum absolute atomic E-state index is 10.8. The number of hydrogen-bond donors (Lipinski definition) is 0. The fourth-order valence-corrected chi connectivity index (χ4v) is 2.77. The average Bonchev–Trinajstić information content (AvgIpc) is 2.67. The van der Waals surface area contributed by atoms with Crippen molar-refractivity contribution in [2.45, 2.75) is 19.9 Å². The summed E-state index contributed by atoms with van der Waals surface area (Å²) in [5.74, 6) is 0.729. The van der Waals surface area contributed by atoms with E-state index in [9.17, 15) is 10.1 Å². The Morgan fingerprint density at radius 2 is 2.35 bits per heavy atom. The Bertz CT molecular complexity index is 437. The van der Waals surface area contributed by atoms with E-state index >= 15 is 0 Å². The van der Waals surface area contributed by atoms with Crippen LogP contribution in [0.15, 0.2) is 22.7 Å². The van der Waals surface area contributed by atoms with Crippen molar-refractivity contribution >= 4 is 21.6 Å². The van der Waals surface area contributed by atoms with Crippen LogP contribution in [0.1, 0.15) is 18.9 Å². The third-order valence-electron chi connectivity index (χ3n) is 3.16. The topological polar surface area (TPSA) is 46.4 Å². The van der Waals surface area contributed by atoms with Crippen LogP contribution in [0.4, 0.5) is 5.69 Å². The predicted octanol–water partition coefficient (Wildman–Crippen LogP) is 3.20. The number of likely N-dealkylation sites (tertiary alicyclic amines) is 1. The number of nitro benzene ring substituents is 1. The highest BCUT2D eigenvalue weighted by Gasteiger charge is 2.21. The molecule has 1 atom stereocenters. The number of nitrogens with zero attached hydrogens (tertiary/aromatic N) is 2. The molecular weight excluding hydrogens is 284 g/mol. The number of benzene rings is 1. The lowest BCUT2D eigenvalue weighted by atomic mass is 10.2. The van der Waals surface area contributed by atoms with Gasteiger partial charge in [-0.1, -0.05) is 19.1 Å². The van der Waals surface area contributed by atoms with Crippen LogP contribution in [0.2, 0.25) is 0 Å². The van der Waals surface area contributed by atoms with Crippen LogP contribution in [-0.4, -0.2) is 22.9 Å². The van der Waals surface area contributed by atoms with E-state index in [0.29, 0.717) is 4.47 Å². The standard InChI is InChI=1S/C12H15BrN2O2/c1-9-5-6-14(7-9)8-10-3-2-4-11(12(10)13)15(16)17/h2-4,9H,5-8H2,1H3. The van der Waals surface area contributed by atoms with E-state index in [-0.39, 0.29) is 10.6 Å². The number of nitro groups is 1. The van der Waals surface area contributed by atoms with Crippen molar-refractivity contribution in [3.05, 3.63) is 38.3 Å². The largest absolute Gasteiger partial charge is 0.299 e. The van der Waals surface area contributed by atoms with Crippen molar-refractivity contribution in [2.75, 3.05) is 13.1 Å². The maximum Gasteiger partial charge on any atom is 0.283 e. The molecule has 0 aromatic heterocycles. The summed E-state index contributed by atoms with van der Waals surface area (Å²) in [6, 6.07) is 5.22. The van der Waals surface area contributed by atoms with Crippen molar-refractivity contribution in [3.8, 4) is 0 Å². The van der Waals surface area contributed by atoms with Crippen LogP contribution in [0.5, 0.6) is 0 Å². The molecule has 0 amide bonds. The molecule has 0 aliphatic carbocycles. The van der Waals surface area contributed by atoms with Gasteiger partial charge in [0, 0.05) is 19.2 Å². The Kier molecular flexibility index (Phi) is 3.79. The molecule has 4 nitrogen and oxygen atoms in total. The van der Waals surface area contributed by atoms with Gasteiger partial charge in [0.05, 0.1) is 9.40 Å². The van der Waals surface area contributed by atoms with Crippen LogP contribution < -0.4 is 0 Å². The van der Waals surface area contributed by atoms with Gasteiger partial charge in [-0.25, -0.2) is 0 Å². The molecule has 17 heavy (non-hydrogen) atoms. The molecule has 1 heterocycles. The molecule has 0 N–H and O–H groups in total. The van der Waals surface area contributed by atoms with Gasteiger partial charge in [0.25, 0.3) is 5.69 Å². The third kappa shape index (κ3) is 2.84. The van der Waals surface area contributed by atoms with Crippen LogP contribution >= 0.6 is 15.9 Å². The zero-order valence-electron chi connectivity index (χ0n) is 9.73. The quantitative estimate of drug-likeness (QED) is 0.636. The van der Waals surface area contributed by atoms with E-state index in [4.69, 9.17) is 0 Å². The Morgan fingerprint density at radius 3 is 2.94 bits per heavy atom. The second-order valence-electron chi connectivity index (χ2n) is 4.64. The highest BCUT2D eigenvalue weighted by molar-refractivity contribution is 9.10. The fraction of sp³-hybridized carbons (Fsp3) is 0.500. The average molecular weight is 299 g/mol. The summed E-state index contributed by atoms with van der Waals surface area (Å²) >= 11 is 3.34. The molecular formula is C12H15BrN2O2. The Morgan fingerprint density at radius 1 is 1.59 bits per heavy atom. The van der Waals surface area contributed by atoms with E-state index in [0.717, 1.165) is 31.1 Å². The number of hydrogen-bond acceptors (Lipinski definition) is 3. The molecule has 0 radical (unpaired) electrons. The zero-order valence-corrected chi connectivity index (χ0v) is 11.3. The van der Waals surface area contributed by atoms with Crippen molar-refractivity contribution in [1.82, 2.24) is 4.90 Å². The SMILES string of the molecule is CC1CCN(Cc2cccc([N+](=O)[O-])c2Br)C1. The van der Waals surface area contributed by atoms with Gasteiger partial charge in [-0.05, 0) is 40.4 Å². The van der Waals surface area contributed by atoms with Crippen molar-refractivity contribution in [3.63, 3.8) is 0 Å². The lowest BCUT2D eigenvalue weighted by Crippen LogP contribution is -2.19. The molecule has 0 saturated carbocycles. The summed E-state index contributed by atoms with van der Waals surface area (Å²) in [6.07, 6.45) is 1.21. The first kappa shape index (κ1) is 12.5. The minimum Gasteiger partial charge on any atom is -0.299 e. The summed E-state index contributed by atoms with van der Waals surface area (Å²) in [5.41, 5.74) is 1.14. The molecule has 92 valence electrons. The molecule has 1 aliphatic rings. The van der Waals surface area contributed by atoms with Crippen LogP contribution in [0.25, 0.3) is 0 Å². The van der Waals surface area contributed by atoms with E-state index in [1.54, 1.807) is 6.07 Å². The molecule has 1 aromatic carbocycles. The Labute approximate surface area is 109 Å². The summed E-state index contributed by atoms with van der Waals surface area (Å²) in [4.78, 5) is 12.8. The summed E-state index contributed by atoms with van der Waals surface area (Å²) in [7, 11) is 0. The molecule has 1 aromatic rings. The van der Waals surface area contributed by atoms with Crippen molar-refractivity contribution in [1.29, 1.82) is 0 Å². The summed E-state index contributed by atoms with van der Waals surface area (Å²) in [6.45, 7) is 5.18. The molecule has 5 heteroatoms. The second-order valence-corrected chi connectivity index (χ2v) is 5.43. The first-order valence-corrected chi connectivity index (χ1v) is 6.51. The van der Waals surface area contributed by atoms with E-state index in [2.05, 4.69) is 27.8 Å². The first-order chi connectivity index (χ1) is 8.08. The number of halogens is 1. The molecule has 0 spiro atoms. The minimum atomic E-state index is -0.347. The smallest absolute Gasteiger partial charge is 0.283 e.